The van der Waals surface area contributed by atoms with E-state index >= 15 is 0 Å². The maximum absolute atomic E-state index is 12.5. The summed E-state index contributed by atoms with van der Waals surface area (Å²) in [6.45, 7) is 0. The van der Waals surface area contributed by atoms with Crippen LogP contribution in [-0.2, 0) is 0 Å². The normalized spacial score (nSPS) is 12.9. The number of anilines is 1. The molecule has 6 nitrogen and oxygen atoms in total. The zero-order valence-corrected chi connectivity index (χ0v) is 14.5. The molecule has 0 atom stereocenters. The Kier molecular flexibility index (Phi) is 4.18. The quantitative estimate of drug-likeness (QED) is 0.394. The third-order valence-corrected chi connectivity index (χ3v) is 4.28. The molecule has 0 saturated heterocycles. The standard InChI is InChI=1S/C20H11ClN2O4/c21-13-5-9-15(10-6-13)27-20(26)12-3-7-14(8-4-12)23-18(24)16-2-1-11-22-17(16)19(23)25/h1-11H. The van der Waals surface area contributed by atoms with E-state index in [1.54, 1.807) is 36.4 Å². The van der Waals surface area contributed by atoms with E-state index in [9.17, 15) is 14.4 Å². The predicted molar refractivity (Wildman–Crippen MR) is 98.2 cm³/mol. The lowest BCUT2D eigenvalue weighted by molar-refractivity contribution is 0.0734. The van der Waals surface area contributed by atoms with Gasteiger partial charge in [0.15, 0.2) is 0 Å². The Bertz CT molecular complexity index is 1030. The number of imide groups is 1. The number of fused-ring (bicyclic) bond motifs is 1. The van der Waals surface area contributed by atoms with Gasteiger partial charge in [0.2, 0.25) is 0 Å². The van der Waals surface area contributed by atoms with Crippen LogP contribution >= 0.6 is 11.6 Å². The molecular formula is C20H11ClN2O4. The van der Waals surface area contributed by atoms with Crippen molar-refractivity contribution >= 4 is 35.1 Å². The van der Waals surface area contributed by atoms with E-state index in [-0.39, 0.29) is 16.8 Å². The summed E-state index contributed by atoms with van der Waals surface area (Å²) >= 11 is 5.80. The van der Waals surface area contributed by atoms with Crippen LogP contribution in [0, 0.1) is 0 Å². The summed E-state index contributed by atoms with van der Waals surface area (Å²) in [6.07, 6.45) is 1.46. The van der Waals surface area contributed by atoms with Crippen molar-refractivity contribution in [3.8, 4) is 5.75 Å². The van der Waals surface area contributed by atoms with Crippen molar-refractivity contribution < 1.29 is 19.1 Å². The van der Waals surface area contributed by atoms with Crippen LogP contribution in [0.2, 0.25) is 5.02 Å². The molecule has 0 fully saturated rings. The van der Waals surface area contributed by atoms with Gasteiger partial charge in [0.25, 0.3) is 11.8 Å². The molecule has 2 aromatic carbocycles. The number of rotatable bonds is 3. The lowest BCUT2D eigenvalue weighted by Gasteiger charge is -2.13. The summed E-state index contributed by atoms with van der Waals surface area (Å²) in [5, 5.41) is 0.537. The number of benzene rings is 2. The van der Waals surface area contributed by atoms with Crippen LogP contribution in [0.1, 0.15) is 31.2 Å². The Morgan fingerprint density at radius 1 is 0.926 bits per heavy atom. The summed E-state index contributed by atoms with van der Waals surface area (Å²) in [5.74, 6) is -1.14. The SMILES string of the molecule is O=C(Oc1ccc(Cl)cc1)c1ccc(N2C(=O)c3cccnc3C2=O)cc1. The number of ether oxygens (including phenoxy) is 1. The molecule has 1 aliphatic rings. The van der Waals surface area contributed by atoms with Crippen LogP contribution in [0.3, 0.4) is 0 Å². The summed E-state index contributed by atoms with van der Waals surface area (Å²) in [6, 6.07) is 15.6. The molecule has 0 radical (unpaired) electrons. The summed E-state index contributed by atoms with van der Waals surface area (Å²) in [5.41, 5.74) is 1.01. The van der Waals surface area contributed by atoms with Gasteiger partial charge in [0.05, 0.1) is 16.8 Å². The summed E-state index contributed by atoms with van der Waals surface area (Å²) in [7, 11) is 0. The number of esters is 1. The fourth-order valence-electron chi connectivity index (χ4n) is 2.72. The van der Waals surface area contributed by atoms with Crippen LogP contribution in [0.5, 0.6) is 5.75 Å². The molecule has 2 amide bonds. The Labute approximate surface area is 159 Å². The molecule has 0 saturated carbocycles. The van der Waals surface area contributed by atoms with Crippen molar-refractivity contribution in [3.63, 3.8) is 0 Å². The largest absolute Gasteiger partial charge is 0.423 e. The van der Waals surface area contributed by atoms with Gasteiger partial charge in [0.1, 0.15) is 11.4 Å². The minimum Gasteiger partial charge on any atom is -0.423 e. The van der Waals surface area contributed by atoms with Crippen LogP contribution in [0.15, 0.2) is 66.9 Å². The second-order valence-corrected chi connectivity index (χ2v) is 6.17. The topological polar surface area (TPSA) is 76.6 Å². The van der Waals surface area contributed by atoms with E-state index in [0.29, 0.717) is 16.5 Å². The Morgan fingerprint density at radius 2 is 1.63 bits per heavy atom. The zero-order chi connectivity index (χ0) is 19.0. The molecule has 0 N–H and O–H groups in total. The minimum absolute atomic E-state index is 0.119. The number of aromatic nitrogens is 1. The average Bonchev–Trinajstić information content (AvgIpc) is 2.95. The van der Waals surface area contributed by atoms with Crippen molar-refractivity contribution in [2.75, 3.05) is 4.90 Å². The van der Waals surface area contributed by atoms with E-state index in [2.05, 4.69) is 4.98 Å². The van der Waals surface area contributed by atoms with Gasteiger partial charge < -0.3 is 4.74 Å². The molecule has 2 heterocycles. The fraction of sp³-hybridized carbons (Fsp3) is 0. The summed E-state index contributed by atoms with van der Waals surface area (Å²) < 4.78 is 5.26. The van der Waals surface area contributed by atoms with Gasteiger partial charge in [-0.2, -0.15) is 0 Å². The van der Waals surface area contributed by atoms with E-state index in [1.165, 1.54) is 30.5 Å². The molecule has 132 valence electrons. The van der Waals surface area contributed by atoms with Crippen LogP contribution in [0.25, 0.3) is 0 Å². The minimum atomic E-state index is -0.562. The maximum Gasteiger partial charge on any atom is 0.343 e. The van der Waals surface area contributed by atoms with Gasteiger partial charge in [-0.1, -0.05) is 11.6 Å². The predicted octanol–water partition coefficient (Wildman–Crippen LogP) is 3.75. The van der Waals surface area contributed by atoms with Gasteiger partial charge in [-0.3, -0.25) is 14.6 Å². The highest BCUT2D eigenvalue weighted by Crippen LogP contribution is 2.27. The van der Waals surface area contributed by atoms with E-state index in [0.717, 1.165) is 4.90 Å². The molecule has 1 aliphatic heterocycles. The summed E-state index contributed by atoms with van der Waals surface area (Å²) in [4.78, 5) is 42.1. The van der Waals surface area contributed by atoms with Gasteiger partial charge >= 0.3 is 5.97 Å². The highest BCUT2D eigenvalue weighted by molar-refractivity contribution is 6.33. The monoisotopic (exact) mass is 378 g/mol. The number of carbonyl (C=O) groups excluding carboxylic acids is 3. The van der Waals surface area contributed by atoms with Gasteiger partial charge in [-0.25, -0.2) is 9.69 Å². The first-order valence-electron chi connectivity index (χ1n) is 7.96. The number of nitrogens with zero attached hydrogens (tertiary/aromatic N) is 2. The Hall–Kier alpha value is -3.51. The van der Waals surface area contributed by atoms with Crippen molar-refractivity contribution in [2.45, 2.75) is 0 Å². The van der Waals surface area contributed by atoms with Gasteiger partial charge in [-0.15, -0.1) is 0 Å². The van der Waals surface area contributed by atoms with Crippen molar-refractivity contribution in [3.05, 3.63) is 88.7 Å². The maximum atomic E-state index is 12.5. The first kappa shape index (κ1) is 16.9. The molecule has 0 bridgehead atoms. The average molecular weight is 379 g/mol. The Morgan fingerprint density at radius 3 is 2.30 bits per heavy atom. The lowest BCUT2D eigenvalue weighted by atomic mass is 10.2. The molecule has 0 unspecified atom stereocenters. The fourth-order valence-corrected chi connectivity index (χ4v) is 2.84. The van der Waals surface area contributed by atoms with E-state index in [1.807, 2.05) is 0 Å². The number of halogens is 1. The van der Waals surface area contributed by atoms with Crippen molar-refractivity contribution in [1.82, 2.24) is 4.98 Å². The van der Waals surface area contributed by atoms with Gasteiger partial charge in [0, 0.05) is 11.2 Å². The van der Waals surface area contributed by atoms with Crippen molar-refractivity contribution in [2.24, 2.45) is 0 Å². The number of carbonyl (C=O) groups is 3. The Balaban J connectivity index is 1.54. The smallest absolute Gasteiger partial charge is 0.343 e. The van der Waals surface area contributed by atoms with Crippen LogP contribution in [-0.4, -0.2) is 22.8 Å². The first-order valence-corrected chi connectivity index (χ1v) is 8.34. The number of amides is 2. The van der Waals surface area contributed by atoms with Crippen LogP contribution in [0.4, 0.5) is 5.69 Å². The number of hydrogen-bond donors (Lipinski definition) is 0. The third kappa shape index (κ3) is 3.07. The highest BCUT2D eigenvalue weighted by atomic mass is 35.5. The zero-order valence-electron chi connectivity index (χ0n) is 13.8. The van der Waals surface area contributed by atoms with Crippen LogP contribution < -0.4 is 9.64 Å². The van der Waals surface area contributed by atoms with E-state index in [4.69, 9.17) is 16.3 Å². The molecular weight excluding hydrogens is 368 g/mol. The third-order valence-electron chi connectivity index (χ3n) is 4.03. The molecule has 3 aromatic rings. The molecule has 27 heavy (non-hydrogen) atoms. The molecule has 7 heteroatoms. The number of pyridine rings is 1. The number of hydrogen-bond acceptors (Lipinski definition) is 5. The molecule has 0 aliphatic carbocycles. The first-order chi connectivity index (χ1) is 13.0. The van der Waals surface area contributed by atoms with E-state index < -0.39 is 17.8 Å². The molecule has 0 spiro atoms. The second-order valence-electron chi connectivity index (χ2n) is 5.74. The molecule has 4 rings (SSSR count). The lowest BCUT2D eigenvalue weighted by Crippen LogP contribution is -2.29. The van der Waals surface area contributed by atoms with Gasteiger partial charge in [-0.05, 0) is 60.7 Å². The highest BCUT2D eigenvalue weighted by Gasteiger charge is 2.37. The molecule has 1 aromatic heterocycles. The second kappa shape index (κ2) is 6.66. The van der Waals surface area contributed by atoms with Crippen molar-refractivity contribution in [1.29, 1.82) is 0 Å².